The van der Waals surface area contributed by atoms with Gasteiger partial charge >= 0.3 is 0 Å². The fraction of sp³-hybridized carbons (Fsp3) is 0.400. The predicted octanol–water partition coefficient (Wildman–Crippen LogP) is 0.0887. The van der Waals surface area contributed by atoms with E-state index in [-0.39, 0.29) is 5.78 Å². The van der Waals surface area contributed by atoms with Crippen LogP contribution in [0.5, 0.6) is 0 Å². The van der Waals surface area contributed by atoms with E-state index in [4.69, 9.17) is 5.73 Å². The molecule has 0 saturated carbocycles. The second kappa shape index (κ2) is 2.53. The number of nitrogens with two attached hydrogens (primary N) is 1. The second-order valence-electron chi connectivity index (χ2n) is 1.40. The Morgan fingerprint density at radius 3 is 2.43 bits per heavy atom. The van der Waals surface area contributed by atoms with E-state index in [0.717, 1.165) is 0 Å². The molecule has 0 saturated heterocycles. The SMILES string of the molecule is C=CC(=O)[C@H](C)N. The molecule has 0 unspecified atom stereocenters. The number of hydrogen-bond donors (Lipinski definition) is 1. The molecule has 0 rings (SSSR count). The van der Waals surface area contributed by atoms with Crippen molar-refractivity contribution in [2.45, 2.75) is 13.0 Å². The van der Waals surface area contributed by atoms with Crippen molar-refractivity contribution in [3.8, 4) is 0 Å². The minimum absolute atomic E-state index is 0.111. The van der Waals surface area contributed by atoms with Crippen LogP contribution < -0.4 is 5.73 Å². The Morgan fingerprint density at radius 1 is 2.00 bits per heavy atom. The maximum Gasteiger partial charge on any atom is 0.171 e. The van der Waals surface area contributed by atoms with Gasteiger partial charge in [-0.3, -0.25) is 4.79 Å². The van der Waals surface area contributed by atoms with Gasteiger partial charge in [0.15, 0.2) is 5.78 Å². The molecule has 0 aliphatic carbocycles. The van der Waals surface area contributed by atoms with Crippen molar-refractivity contribution in [1.29, 1.82) is 0 Å². The summed E-state index contributed by atoms with van der Waals surface area (Å²) >= 11 is 0. The first-order valence-corrected chi connectivity index (χ1v) is 2.10. The zero-order chi connectivity index (χ0) is 5.86. The molecule has 0 aliphatic heterocycles. The summed E-state index contributed by atoms with van der Waals surface area (Å²) in [6.45, 7) is 4.88. The lowest BCUT2D eigenvalue weighted by Crippen LogP contribution is -2.24. The van der Waals surface area contributed by atoms with Gasteiger partial charge in [-0.05, 0) is 13.0 Å². The minimum Gasteiger partial charge on any atom is -0.321 e. The first-order valence-electron chi connectivity index (χ1n) is 2.10. The molecule has 0 fully saturated rings. The number of carbonyl (C=O) groups is 1. The van der Waals surface area contributed by atoms with Crippen LogP contribution in [-0.4, -0.2) is 11.8 Å². The summed E-state index contributed by atoms with van der Waals surface area (Å²) in [5, 5.41) is 0. The molecule has 0 amide bonds. The molecule has 2 N–H and O–H groups in total. The largest absolute Gasteiger partial charge is 0.321 e. The van der Waals surface area contributed by atoms with Gasteiger partial charge in [-0.25, -0.2) is 0 Å². The molecule has 1 atom stereocenters. The summed E-state index contributed by atoms with van der Waals surface area (Å²) in [4.78, 5) is 10.3. The van der Waals surface area contributed by atoms with E-state index in [1.54, 1.807) is 6.92 Å². The second-order valence-corrected chi connectivity index (χ2v) is 1.40. The van der Waals surface area contributed by atoms with Gasteiger partial charge in [-0.2, -0.15) is 0 Å². The van der Waals surface area contributed by atoms with Crippen molar-refractivity contribution >= 4 is 5.78 Å². The maximum atomic E-state index is 10.3. The van der Waals surface area contributed by atoms with Crippen molar-refractivity contribution in [3.05, 3.63) is 12.7 Å². The van der Waals surface area contributed by atoms with Crippen LogP contribution in [0.4, 0.5) is 0 Å². The van der Waals surface area contributed by atoms with Crippen LogP contribution in [0.25, 0.3) is 0 Å². The third-order valence-corrected chi connectivity index (χ3v) is 0.650. The van der Waals surface area contributed by atoms with Gasteiger partial charge in [0.25, 0.3) is 0 Å². The van der Waals surface area contributed by atoms with Crippen LogP contribution in [0.2, 0.25) is 0 Å². The molecular weight excluding hydrogens is 90.1 g/mol. The Hall–Kier alpha value is -0.630. The molecule has 0 radical (unpaired) electrons. The molecule has 7 heavy (non-hydrogen) atoms. The normalized spacial score (nSPS) is 12.9. The van der Waals surface area contributed by atoms with Crippen LogP contribution in [0, 0.1) is 0 Å². The van der Waals surface area contributed by atoms with Gasteiger partial charge in [-0.15, -0.1) is 0 Å². The molecule has 0 aromatic heterocycles. The predicted molar refractivity (Wildman–Crippen MR) is 28.9 cm³/mol. The average Bonchev–Trinajstić information content (AvgIpc) is 1.65. The Kier molecular flexibility index (Phi) is 2.30. The highest BCUT2D eigenvalue weighted by Gasteiger charge is 1.98. The third-order valence-electron chi connectivity index (χ3n) is 0.650. The van der Waals surface area contributed by atoms with Crippen LogP contribution >= 0.6 is 0 Å². The third kappa shape index (κ3) is 2.11. The number of rotatable bonds is 2. The lowest BCUT2D eigenvalue weighted by atomic mass is 10.2. The summed E-state index contributed by atoms with van der Waals surface area (Å²) < 4.78 is 0. The minimum atomic E-state index is -0.391. The first-order chi connectivity index (χ1) is 3.18. The van der Waals surface area contributed by atoms with Crippen molar-refractivity contribution in [2.24, 2.45) is 5.73 Å². The van der Waals surface area contributed by atoms with Crippen molar-refractivity contribution in [1.82, 2.24) is 0 Å². The van der Waals surface area contributed by atoms with Crippen LogP contribution in [0.15, 0.2) is 12.7 Å². The molecule has 0 aliphatic rings. The molecule has 0 aromatic carbocycles. The molecule has 0 bridgehead atoms. The van der Waals surface area contributed by atoms with Gasteiger partial charge in [0.1, 0.15) is 0 Å². The highest BCUT2D eigenvalue weighted by Crippen LogP contribution is 1.77. The van der Waals surface area contributed by atoms with Crippen molar-refractivity contribution in [3.63, 3.8) is 0 Å². The molecule has 40 valence electrons. The molecule has 0 spiro atoms. The highest BCUT2D eigenvalue weighted by atomic mass is 16.1. The van der Waals surface area contributed by atoms with Crippen LogP contribution in [0.1, 0.15) is 6.92 Å². The zero-order valence-corrected chi connectivity index (χ0v) is 4.35. The van der Waals surface area contributed by atoms with Gasteiger partial charge in [0, 0.05) is 0 Å². The molecular formula is C5H9NO. The van der Waals surface area contributed by atoms with Crippen molar-refractivity contribution < 1.29 is 4.79 Å². The fourth-order valence-electron chi connectivity index (χ4n) is 0.186. The summed E-state index contributed by atoms with van der Waals surface area (Å²) in [5.74, 6) is -0.111. The van der Waals surface area contributed by atoms with Gasteiger partial charge in [0.05, 0.1) is 6.04 Å². The van der Waals surface area contributed by atoms with E-state index < -0.39 is 6.04 Å². The Balaban J connectivity index is 3.56. The van der Waals surface area contributed by atoms with E-state index in [2.05, 4.69) is 6.58 Å². The molecule has 2 heteroatoms. The van der Waals surface area contributed by atoms with Crippen LogP contribution in [0.3, 0.4) is 0 Å². The van der Waals surface area contributed by atoms with E-state index >= 15 is 0 Å². The molecule has 0 heterocycles. The smallest absolute Gasteiger partial charge is 0.171 e. The lowest BCUT2D eigenvalue weighted by molar-refractivity contribution is -0.115. The summed E-state index contributed by atoms with van der Waals surface area (Å²) in [7, 11) is 0. The average molecular weight is 99.1 g/mol. The van der Waals surface area contributed by atoms with E-state index in [1.165, 1.54) is 6.08 Å². The monoisotopic (exact) mass is 99.1 g/mol. The molecule has 0 aromatic rings. The first kappa shape index (κ1) is 6.37. The summed E-state index contributed by atoms with van der Waals surface area (Å²) in [6.07, 6.45) is 1.23. The Labute approximate surface area is 43.0 Å². The van der Waals surface area contributed by atoms with E-state index in [9.17, 15) is 4.79 Å². The Bertz CT molecular complexity index is 86.1. The standard InChI is InChI=1S/C5H9NO/c1-3-5(7)4(2)6/h3-4H,1,6H2,2H3/t4-/m0/s1. The van der Waals surface area contributed by atoms with Gasteiger partial charge in [0.2, 0.25) is 0 Å². The van der Waals surface area contributed by atoms with Gasteiger partial charge in [-0.1, -0.05) is 6.58 Å². The number of hydrogen-bond acceptors (Lipinski definition) is 2. The summed E-state index contributed by atoms with van der Waals surface area (Å²) in [6, 6.07) is -0.391. The van der Waals surface area contributed by atoms with E-state index in [0.29, 0.717) is 0 Å². The van der Waals surface area contributed by atoms with E-state index in [1.807, 2.05) is 0 Å². The molecule has 2 nitrogen and oxygen atoms in total. The quantitative estimate of drug-likeness (QED) is 0.498. The fourth-order valence-corrected chi connectivity index (χ4v) is 0.186. The van der Waals surface area contributed by atoms with Gasteiger partial charge < -0.3 is 5.73 Å². The Morgan fingerprint density at radius 2 is 2.43 bits per heavy atom. The lowest BCUT2D eigenvalue weighted by Gasteiger charge is -1.93. The summed E-state index contributed by atoms with van der Waals surface area (Å²) in [5.41, 5.74) is 5.13. The topological polar surface area (TPSA) is 43.1 Å². The number of carbonyl (C=O) groups excluding carboxylic acids is 1. The highest BCUT2D eigenvalue weighted by molar-refractivity contribution is 5.93. The maximum absolute atomic E-state index is 10.3. The van der Waals surface area contributed by atoms with Crippen molar-refractivity contribution in [2.75, 3.05) is 0 Å². The number of ketones is 1. The zero-order valence-electron chi connectivity index (χ0n) is 4.35. The van der Waals surface area contributed by atoms with Crippen LogP contribution in [-0.2, 0) is 4.79 Å².